The molecule has 38 heavy (non-hydrogen) atoms. The van der Waals surface area contributed by atoms with E-state index in [1.165, 1.54) is 12.1 Å². The number of carbonyl (C=O) groups is 2. The van der Waals surface area contributed by atoms with Crippen LogP contribution in [0.5, 0.6) is 0 Å². The lowest BCUT2D eigenvalue weighted by atomic mass is 10.1. The number of rotatable bonds is 9. The molecule has 1 aliphatic carbocycles. The maximum atomic E-state index is 13.6. The van der Waals surface area contributed by atoms with Crippen molar-refractivity contribution in [2.75, 3.05) is 13.1 Å². The van der Waals surface area contributed by atoms with Crippen LogP contribution in [-0.4, -0.2) is 45.7 Å². The lowest BCUT2D eigenvalue weighted by Crippen LogP contribution is -2.44. The van der Waals surface area contributed by atoms with E-state index in [9.17, 15) is 22.8 Å². The Bertz CT molecular complexity index is 1410. The molecule has 0 saturated heterocycles. The van der Waals surface area contributed by atoms with Crippen LogP contribution in [0, 0.1) is 0 Å². The normalized spacial score (nSPS) is 13.4. The van der Waals surface area contributed by atoms with E-state index in [1.54, 1.807) is 34.1 Å². The van der Waals surface area contributed by atoms with Crippen molar-refractivity contribution in [1.29, 1.82) is 0 Å². The summed E-state index contributed by atoms with van der Waals surface area (Å²) in [6.07, 6.45) is -0.251. The highest BCUT2D eigenvalue weighted by Gasteiger charge is 2.35. The van der Waals surface area contributed by atoms with Gasteiger partial charge in [-0.15, -0.1) is 0 Å². The van der Waals surface area contributed by atoms with Gasteiger partial charge in [-0.3, -0.25) is 9.59 Å². The van der Waals surface area contributed by atoms with E-state index in [1.807, 2.05) is 36.5 Å². The summed E-state index contributed by atoms with van der Waals surface area (Å²) in [5.74, 6) is -0.423. The molecular weight excluding hydrogens is 491 g/mol. The van der Waals surface area contributed by atoms with Gasteiger partial charge in [-0.05, 0) is 60.7 Å². The Balaban J connectivity index is 1.36. The first-order valence-electron chi connectivity index (χ1n) is 12.6. The van der Waals surface area contributed by atoms with Crippen LogP contribution in [0.1, 0.15) is 39.9 Å². The van der Waals surface area contributed by atoms with Gasteiger partial charge in [-0.25, -0.2) is 0 Å². The number of carbonyl (C=O) groups excluding carboxylic acids is 2. The van der Waals surface area contributed by atoms with Crippen LogP contribution in [0.25, 0.3) is 10.9 Å². The van der Waals surface area contributed by atoms with Crippen molar-refractivity contribution in [2.45, 2.75) is 38.0 Å². The van der Waals surface area contributed by atoms with E-state index in [0.29, 0.717) is 24.1 Å². The highest BCUT2D eigenvalue weighted by Crippen LogP contribution is 2.30. The highest BCUT2D eigenvalue weighted by atomic mass is 19.4. The second-order valence-corrected chi connectivity index (χ2v) is 9.65. The van der Waals surface area contributed by atoms with E-state index in [0.717, 1.165) is 41.4 Å². The number of nitrogens with one attached hydrogen (secondary N) is 1. The number of halogens is 3. The Labute approximate surface area is 218 Å². The molecule has 0 unspecified atom stereocenters. The number of para-hydroxylation sites is 1. The number of amides is 2. The largest absolute Gasteiger partial charge is 0.416 e. The number of aromatic nitrogens is 1. The molecule has 1 aromatic heterocycles. The number of fused-ring (bicyclic) bond motifs is 1. The molecule has 0 bridgehead atoms. The minimum absolute atomic E-state index is 0.0215. The summed E-state index contributed by atoms with van der Waals surface area (Å²) >= 11 is 0. The number of hydrogen-bond acceptors (Lipinski definition) is 2. The average molecular weight is 520 g/mol. The Hall–Kier alpha value is -4.07. The Morgan fingerprint density at radius 1 is 0.895 bits per heavy atom. The molecule has 8 heteroatoms. The number of benzene rings is 3. The topological polar surface area (TPSA) is 56.4 Å². The Kier molecular flexibility index (Phi) is 7.22. The molecule has 1 saturated carbocycles. The first-order valence-corrected chi connectivity index (χ1v) is 12.6. The summed E-state index contributed by atoms with van der Waals surface area (Å²) in [5.41, 5.74) is 2.44. The van der Waals surface area contributed by atoms with E-state index in [2.05, 4.69) is 4.98 Å². The fraction of sp³-hybridized carbons (Fsp3) is 0.267. The molecule has 0 radical (unpaired) electrons. The van der Waals surface area contributed by atoms with E-state index in [4.69, 9.17) is 0 Å². The summed E-state index contributed by atoms with van der Waals surface area (Å²) < 4.78 is 39.2. The Morgan fingerprint density at radius 2 is 1.58 bits per heavy atom. The molecule has 1 fully saturated rings. The summed E-state index contributed by atoms with van der Waals surface area (Å²) in [7, 11) is 0. The van der Waals surface area contributed by atoms with Gasteiger partial charge in [0, 0.05) is 41.8 Å². The zero-order valence-electron chi connectivity index (χ0n) is 20.7. The van der Waals surface area contributed by atoms with Crippen molar-refractivity contribution < 1.29 is 22.8 Å². The second-order valence-electron chi connectivity index (χ2n) is 9.65. The third-order valence-corrected chi connectivity index (χ3v) is 6.91. The van der Waals surface area contributed by atoms with Gasteiger partial charge < -0.3 is 14.8 Å². The molecule has 0 spiro atoms. The number of aromatic amines is 1. The molecule has 1 heterocycles. The second kappa shape index (κ2) is 10.7. The maximum Gasteiger partial charge on any atom is 0.416 e. The lowest BCUT2D eigenvalue weighted by Gasteiger charge is -2.28. The predicted molar refractivity (Wildman–Crippen MR) is 139 cm³/mol. The van der Waals surface area contributed by atoms with Crippen LogP contribution < -0.4 is 0 Å². The molecule has 196 valence electrons. The zero-order chi connectivity index (χ0) is 26.7. The number of H-pyrrole nitrogens is 1. The molecule has 0 aliphatic heterocycles. The lowest BCUT2D eigenvalue weighted by molar-refractivity contribution is -0.137. The van der Waals surface area contributed by atoms with Gasteiger partial charge in [0.05, 0.1) is 5.56 Å². The van der Waals surface area contributed by atoms with Crippen LogP contribution >= 0.6 is 0 Å². The van der Waals surface area contributed by atoms with Gasteiger partial charge in [-0.1, -0.05) is 48.5 Å². The van der Waals surface area contributed by atoms with Gasteiger partial charge >= 0.3 is 6.18 Å². The molecule has 2 amide bonds. The van der Waals surface area contributed by atoms with Crippen LogP contribution in [0.2, 0.25) is 0 Å². The van der Waals surface area contributed by atoms with Crippen LogP contribution in [-0.2, 0) is 23.9 Å². The zero-order valence-corrected chi connectivity index (χ0v) is 20.7. The van der Waals surface area contributed by atoms with Crippen molar-refractivity contribution in [3.05, 3.63) is 107 Å². The summed E-state index contributed by atoms with van der Waals surface area (Å²) in [6, 6.07) is 21.7. The molecular formula is C30H28F3N3O2. The summed E-state index contributed by atoms with van der Waals surface area (Å²) in [6.45, 7) is 0.435. The SMILES string of the molecule is O=C(CN(C(=O)c1ccccc1)C1CC1)N(CCc1c[nH]c2ccccc12)Cc1ccc(C(F)(F)F)cc1. The number of nitrogens with zero attached hydrogens (tertiary/aromatic N) is 2. The monoisotopic (exact) mass is 519 g/mol. The molecule has 3 aromatic carbocycles. The number of hydrogen-bond donors (Lipinski definition) is 1. The van der Waals surface area contributed by atoms with Crippen molar-refractivity contribution in [3.63, 3.8) is 0 Å². The molecule has 1 aliphatic rings. The van der Waals surface area contributed by atoms with E-state index < -0.39 is 11.7 Å². The average Bonchev–Trinajstić information content (AvgIpc) is 3.69. The molecule has 0 atom stereocenters. The molecule has 5 rings (SSSR count). The predicted octanol–water partition coefficient (Wildman–Crippen LogP) is 6.06. The smallest absolute Gasteiger partial charge is 0.361 e. The van der Waals surface area contributed by atoms with Crippen LogP contribution in [0.4, 0.5) is 13.2 Å². The minimum Gasteiger partial charge on any atom is -0.361 e. The van der Waals surface area contributed by atoms with Crippen molar-refractivity contribution >= 4 is 22.7 Å². The van der Waals surface area contributed by atoms with Crippen LogP contribution in [0.15, 0.2) is 85.1 Å². The van der Waals surface area contributed by atoms with Crippen molar-refractivity contribution in [3.8, 4) is 0 Å². The Morgan fingerprint density at radius 3 is 2.26 bits per heavy atom. The standard InChI is InChI=1S/C30H28F3N3O2/c31-30(32,33)24-12-10-21(11-13-24)19-35(17-16-23-18-34-27-9-5-4-8-26(23)27)28(37)20-36(25-14-15-25)29(38)22-6-2-1-3-7-22/h1-13,18,25,34H,14-17,19-20H2. The fourth-order valence-electron chi connectivity index (χ4n) is 4.65. The summed E-state index contributed by atoms with van der Waals surface area (Å²) in [4.78, 5) is 33.3. The number of alkyl halides is 3. The molecule has 1 N–H and O–H groups in total. The third-order valence-electron chi connectivity index (χ3n) is 6.91. The quantitative estimate of drug-likeness (QED) is 0.292. The third kappa shape index (κ3) is 5.90. The first-order chi connectivity index (χ1) is 18.3. The van der Waals surface area contributed by atoms with Gasteiger partial charge in [-0.2, -0.15) is 13.2 Å². The van der Waals surface area contributed by atoms with Crippen LogP contribution in [0.3, 0.4) is 0 Å². The van der Waals surface area contributed by atoms with E-state index >= 15 is 0 Å². The first kappa shape index (κ1) is 25.6. The van der Waals surface area contributed by atoms with Gasteiger partial charge in [0.15, 0.2) is 0 Å². The van der Waals surface area contributed by atoms with E-state index in [-0.39, 0.29) is 30.9 Å². The molecule has 4 aromatic rings. The molecule has 5 nitrogen and oxygen atoms in total. The van der Waals surface area contributed by atoms with Gasteiger partial charge in [0.2, 0.25) is 5.91 Å². The summed E-state index contributed by atoms with van der Waals surface area (Å²) in [5, 5.41) is 1.06. The van der Waals surface area contributed by atoms with Gasteiger partial charge in [0.25, 0.3) is 5.91 Å². The minimum atomic E-state index is -4.42. The van der Waals surface area contributed by atoms with Gasteiger partial charge in [0.1, 0.15) is 6.54 Å². The highest BCUT2D eigenvalue weighted by molar-refractivity contribution is 5.97. The maximum absolute atomic E-state index is 13.6. The van der Waals surface area contributed by atoms with Crippen molar-refractivity contribution in [1.82, 2.24) is 14.8 Å². The van der Waals surface area contributed by atoms with Crippen molar-refractivity contribution in [2.24, 2.45) is 0 Å². The fourth-order valence-corrected chi connectivity index (χ4v) is 4.65.